The summed E-state index contributed by atoms with van der Waals surface area (Å²) in [6.07, 6.45) is 3.04. The van der Waals surface area contributed by atoms with E-state index in [0.717, 1.165) is 47.6 Å². The normalized spacial score (nSPS) is 12.7. The Labute approximate surface area is 137 Å². The molecule has 5 heteroatoms. The van der Waals surface area contributed by atoms with E-state index in [1.165, 1.54) is 0 Å². The number of nitrogens with zero attached hydrogens (tertiary/aromatic N) is 2. The van der Waals surface area contributed by atoms with Gasteiger partial charge in [0.25, 0.3) is 0 Å². The first kappa shape index (κ1) is 18.4. The van der Waals surface area contributed by atoms with Gasteiger partial charge in [-0.15, -0.1) is 0 Å². The minimum atomic E-state index is -0.0206. The molecule has 1 rings (SSSR count). The first-order chi connectivity index (χ1) is 10.0. The van der Waals surface area contributed by atoms with E-state index in [4.69, 9.17) is 14.7 Å². The number of ether oxygens (including phenoxy) is 1. The monoisotopic (exact) mass is 357 g/mol. The topological polar surface area (TPSA) is 47.0 Å². The van der Waals surface area contributed by atoms with Crippen molar-refractivity contribution in [2.45, 2.75) is 65.9 Å². The molecular weight excluding hydrogens is 330 g/mol. The molecule has 0 aliphatic carbocycles. The molecule has 0 bridgehead atoms. The maximum atomic E-state index is 5.83. The second-order valence-corrected chi connectivity index (χ2v) is 6.24. The molecule has 120 valence electrons. The van der Waals surface area contributed by atoms with E-state index in [0.29, 0.717) is 12.5 Å². The van der Waals surface area contributed by atoms with Crippen LogP contribution in [0.4, 0.5) is 5.82 Å². The summed E-state index contributed by atoms with van der Waals surface area (Å²) in [6.45, 7) is 12.2. The molecule has 0 amide bonds. The number of rotatable bonds is 9. The fourth-order valence-corrected chi connectivity index (χ4v) is 2.90. The molecule has 0 spiro atoms. The van der Waals surface area contributed by atoms with Crippen LogP contribution in [0.2, 0.25) is 0 Å². The summed E-state index contributed by atoms with van der Waals surface area (Å²) in [4.78, 5) is 9.45. The largest absolute Gasteiger partial charge is 0.371 e. The van der Waals surface area contributed by atoms with Crippen molar-refractivity contribution in [3.63, 3.8) is 0 Å². The van der Waals surface area contributed by atoms with Crippen LogP contribution in [0.25, 0.3) is 0 Å². The van der Waals surface area contributed by atoms with Gasteiger partial charge in [0.2, 0.25) is 0 Å². The van der Waals surface area contributed by atoms with Gasteiger partial charge in [0, 0.05) is 13.2 Å². The van der Waals surface area contributed by atoms with Gasteiger partial charge in [-0.25, -0.2) is 9.97 Å². The molecule has 1 heterocycles. The summed E-state index contributed by atoms with van der Waals surface area (Å²) in [5.74, 6) is 2.02. The second kappa shape index (κ2) is 9.36. The van der Waals surface area contributed by atoms with Crippen LogP contribution in [-0.2, 0) is 4.74 Å². The Hall–Kier alpha value is -0.680. The lowest BCUT2D eigenvalue weighted by Crippen LogP contribution is -2.14. The maximum Gasteiger partial charge on any atom is 0.159 e. The highest BCUT2D eigenvalue weighted by atomic mass is 79.9. The Kier molecular flexibility index (Phi) is 8.19. The molecule has 0 aliphatic rings. The zero-order valence-corrected chi connectivity index (χ0v) is 15.5. The number of anilines is 1. The Morgan fingerprint density at radius 3 is 2.38 bits per heavy atom. The summed E-state index contributed by atoms with van der Waals surface area (Å²) in [7, 11) is 0. The minimum absolute atomic E-state index is 0.0206. The minimum Gasteiger partial charge on any atom is -0.371 e. The molecule has 4 nitrogen and oxygen atoms in total. The molecule has 1 aromatic rings. The number of aromatic nitrogens is 2. The van der Waals surface area contributed by atoms with Crippen molar-refractivity contribution in [1.82, 2.24) is 9.97 Å². The lowest BCUT2D eigenvalue weighted by molar-refractivity contribution is 0.0492. The van der Waals surface area contributed by atoms with Crippen molar-refractivity contribution in [2.75, 3.05) is 18.5 Å². The Morgan fingerprint density at radius 1 is 1.14 bits per heavy atom. The summed E-state index contributed by atoms with van der Waals surface area (Å²) < 4.78 is 6.81. The zero-order chi connectivity index (χ0) is 15.8. The van der Waals surface area contributed by atoms with Crippen molar-refractivity contribution in [1.29, 1.82) is 0 Å². The van der Waals surface area contributed by atoms with E-state index in [9.17, 15) is 0 Å². The van der Waals surface area contributed by atoms with E-state index in [1.54, 1.807) is 0 Å². The average molecular weight is 358 g/mol. The first-order valence-electron chi connectivity index (χ1n) is 7.97. The van der Waals surface area contributed by atoms with Gasteiger partial charge >= 0.3 is 0 Å². The highest BCUT2D eigenvalue weighted by Crippen LogP contribution is 2.31. The van der Waals surface area contributed by atoms with E-state index in [-0.39, 0.29) is 6.10 Å². The van der Waals surface area contributed by atoms with Crippen LogP contribution in [0.15, 0.2) is 4.47 Å². The summed E-state index contributed by atoms with van der Waals surface area (Å²) >= 11 is 3.64. The molecule has 0 saturated carbocycles. The van der Waals surface area contributed by atoms with E-state index in [2.05, 4.69) is 48.9 Å². The lowest BCUT2D eigenvalue weighted by atomic mass is 10.1. The predicted molar refractivity (Wildman–Crippen MR) is 91.9 cm³/mol. The van der Waals surface area contributed by atoms with Crippen molar-refractivity contribution in [2.24, 2.45) is 0 Å². The first-order valence-corrected chi connectivity index (χ1v) is 8.77. The van der Waals surface area contributed by atoms with Gasteiger partial charge in [0.05, 0.1) is 10.2 Å². The van der Waals surface area contributed by atoms with Crippen molar-refractivity contribution < 1.29 is 4.74 Å². The maximum absolute atomic E-state index is 5.83. The molecule has 0 fully saturated rings. The van der Waals surface area contributed by atoms with Crippen molar-refractivity contribution >= 4 is 21.7 Å². The van der Waals surface area contributed by atoms with Crippen LogP contribution in [0.5, 0.6) is 0 Å². The van der Waals surface area contributed by atoms with Crippen LogP contribution in [0.1, 0.15) is 77.4 Å². The molecular formula is C16H28BrN3O. The number of hydrogen-bond acceptors (Lipinski definition) is 4. The fourth-order valence-electron chi connectivity index (χ4n) is 2.12. The molecule has 1 unspecified atom stereocenters. The molecule has 1 atom stereocenters. The smallest absolute Gasteiger partial charge is 0.159 e. The second-order valence-electron chi connectivity index (χ2n) is 5.44. The zero-order valence-electron chi connectivity index (χ0n) is 13.9. The summed E-state index contributed by atoms with van der Waals surface area (Å²) in [5.41, 5.74) is 1.04. The average Bonchev–Trinajstić information content (AvgIpc) is 2.45. The highest BCUT2D eigenvalue weighted by Gasteiger charge is 2.20. The van der Waals surface area contributed by atoms with E-state index < -0.39 is 0 Å². The van der Waals surface area contributed by atoms with Crippen LogP contribution in [0, 0.1) is 0 Å². The van der Waals surface area contributed by atoms with E-state index >= 15 is 0 Å². The quantitative estimate of drug-likeness (QED) is 0.670. The molecule has 1 N–H and O–H groups in total. The van der Waals surface area contributed by atoms with Gasteiger partial charge in [-0.2, -0.15) is 0 Å². The van der Waals surface area contributed by atoms with Crippen molar-refractivity contribution in [3.8, 4) is 0 Å². The van der Waals surface area contributed by atoms with Gasteiger partial charge in [-0.3, -0.25) is 0 Å². The lowest BCUT2D eigenvalue weighted by Gasteiger charge is -2.19. The third-order valence-corrected chi connectivity index (χ3v) is 3.97. The van der Waals surface area contributed by atoms with Gasteiger partial charge in [-0.1, -0.05) is 34.1 Å². The molecule has 1 aromatic heterocycles. The molecule has 0 radical (unpaired) electrons. The predicted octanol–water partition coefficient (Wildman–Crippen LogP) is 5.06. The Bertz CT molecular complexity index is 432. The SMILES string of the molecule is CCCNc1nc(C(CCC)OCC)nc(C(C)C)c1Br. The number of halogens is 1. The fraction of sp³-hybridized carbons (Fsp3) is 0.750. The van der Waals surface area contributed by atoms with Crippen LogP contribution >= 0.6 is 15.9 Å². The van der Waals surface area contributed by atoms with Gasteiger partial charge in [-0.05, 0) is 41.6 Å². The van der Waals surface area contributed by atoms with Gasteiger partial charge in [0.1, 0.15) is 11.9 Å². The third kappa shape index (κ3) is 5.22. The highest BCUT2D eigenvalue weighted by molar-refractivity contribution is 9.10. The number of nitrogens with one attached hydrogen (secondary N) is 1. The molecule has 0 saturated heterocycles. The van der Waals surface area contributed by atoms with Crippen molar-refractivity contribution in [3.05, 3.63) is 16.0 Å². The number of hydrogen-bond donors (Lipinski definition) is 1. The van der Waals surface area contributed by atoms with Crippen LogP contribution < -0.4 is 5.32 Å². The molecule has 0 aromatic carbocycles. The van der Waals surface area contributed by atoms with E-state index in [1.807, 2.05) is 6.92 Å². The van der Waals surface area contributed by atoms with Crippen LogP contribution in [0.3, 0.4) is 0 Å². The van der Waals surface area contributed by atoms with Gasteiger partial charge in [0.15, 0.2) is 5.82 Å². The summed E-state index contributed by atoms with van der Waals surface area (Å²) in [5, 5.41) is 3.38. The molecule has 0 aliphatic heterocycles. The van der Waals surface area contributed by atoms with Crippen LogP contribution in [-0.4, -0.2) is 23.1 Å². The van der Waals surface area contributed by atoms with Gasteiger partial charge < -0.3 is 10.1 Å². The third-order valence-electron chi connectivity index (χ3n) is 3.19. The Morgan fingerprint density at radius 2 is 1.86 bits per heavy atom. The standard InChI is InChI=1S/C16H28BrN3O/c1-6-9-12(21-8-3)15-19-14(11(4)5)13(17)16(20-15)18-10-7-2/h11-12H,6-10H2,1-5H3,(H,18,19,20). The Balaban J connectivity index is 3.20. The summed E-state index contributed by atoms with van der Waals surface area (Å²) in [6, 6.07) is 0. The molecule has 21 heavy (non-hydrogen) atoms.